The van der Waals surface area contributed by atoms with Crippen LogP contribution in [0.1, 0.15) is 88.6 Å². The number of nitrogens with zero attached hydrogens (tertiary/aromatic N) is 7. The van der Waals surface area contributed by atoms with Gasteiger partial charge in [-0.25, -0.2) is 14.8 Å². The molecule has 2 amide bonds. The van der Waals surface area contributed by atoms with Gasteiger partial charge < -0.3 is 19.5 Å². The van der Waals surface area contributed by atoms with Crippen molar-refractivity contribution >= 4 is 17.8 Å². The lowest BCUT2D eigenvalue weighted by atomic mass is 9.79. The second-order valence-corrected chi connectivity index (χ2v) is 13.7. The molecule has 0 bridgehead atoms. The number of methoxy groups -OCH3 is 1. The maximum absolute atomic E-state index is 14.3. The molecule has 0 spiro atoms. The Labute approximate surface area is 281 Å². The van der Waals surface area contributed by atoms with E-state index >= 15 is 0 Å². The monoisotopic (exact) mass is 655 g/mol. The van der Waals surface area contributed by atoms with E-state index in [2.05, 4.69) is 30.0 Å². The molecule has 0 radical (unpaired) electrons. The lowest BCUT2D eigenvalue weighted by molar-refractivity contribution is -0.124. The van der Waals surface area contributed by atoms with E-state index in [1.165, 1.54) is 4.90 Å². The number of aliphatic hydroxyl groups excluding tert-OH is 1. The van der Waals surface area contributed by atoms with Crippen LogP contribution in [0.4, 0.5) is 10.6 Å². The van der Waals surface area contributed by atoms with Crippen LogP contribution >= 0.6 is 0 Å². The average Bonchev–Trinajstić information content (AvgIpc) is 3.60. The summed E-state index contributed by atoms with van der Waals surface area (Å²) in [4.78, 5) is 39.4. The lowest BCUT2D eigenvalue weighted by Gasteiger charge is -2.37. The summed E-state index contributed by atoms with van der Waals surface area (Å²) in [5.74, 6) is 1.53. The quantitative estimate of drug-likeness (QED) is 0.317. The van der Waals surface area contributed by atoms with Crippen LogP contribution < -0.4 is 9.64 Å². The molecule has 2 aliphatic carbocycles. The first kappa shape index (κ1) is 33.4. The zero-order valence-electron chi connectivity index (χ0n) is 28.0. The maximum Gasteiger partial charge on any atom is 0.410 e. The number of nitriles is 1. The Morgan fingerprint density at radius 2 is 1.81 bits per heavy atom. The third-order valence-electron chi connectivity index (χ3n) is 10.1. The van der Waals surface area contributed by atoms with E-state index in [9.17, 15) is 20.0 Å². The Morgan fingerprint density at radius 1 is 1.06 bits per heavy atom. The van der Waals surface area contributed by atoms with Crippen molar-refractivity contribution in [2.24, 2.45) is 11.8 Å². The van der Waals surface area contributed by atoms with Gasteiger partial charge in [0.1, 0.15) is 18.0 Å². The van der Waals surface area contributed by atoms with Gasteiger partial charge in [-0.05, 0) is 101 Å². The predicted molar refractivity (Wildman–Crippen MR) is 178 cm³/mol. The van der Waals surface area contributed by atoms with Gasteiger partial charge in [0, 0.05) is 48.1 Å². The number of pyridine rings is 2. The Balaban J connectivity index is 1.15. The number of β-amino-alcohol motifs (C(OH)–C–C–N with tert-alkyl or cyclic N) is 1. The highest BCUT2D eigenvalue weighted by molar-refractivity contribution is 5.94. The van der Waals surface area contributed by atoms with Crippen molar-refractivity contribution in [3.05, 3.63) is 54.2 Å². The average molecular weight is 656 g/mol. The molecule has 1 aliphatic heterocycles. The second kappa shape index (κ2) is 14.7. The highest BCUT2D eigenvalue weighted by Gasteiger charge is 2.36. The molecule has 1 saturated heterocycles. The molecule has 3 fully saturated rings. The van der Waals surface area contributed by atoms with E-state index in [-0.39, 0.29) is 41.9 Å². The van der Waals surface area contributed by atoms with Crippen molar-refractivity contribution < 1.29 is 24.2 Å². The molecule has 3 aromatic rings. The first-order chi connectivity index (χ1) is 23.2. The summed E-state index contributed by atoms with van der Waals surface area (Å²) in [7, 11) is 1.54. The first-order valence-electron chi connectivity index (χ1n) is 17.1. The summed E-state index contributed by atoms with van der Waals surface area (Å²) >= 11 is 0. The van der Waals surface area contributed by atoms with Crippen molar-refractivity contribution in [3.63, 3.8) is 0 Å². The zero-order valence-corrected chi connectivity index (χ0v) is 28.0. The SMILES string of the molecule is COc1ccc(C2CCC(CN(C(=O)C3CCC(OC(=O)N4CC(O)C4)CC3)c3cc(-c4cnn(C(C)C)c4)ccn3)CC2)nc1C#N. The van der Waals surface area contributed by atoms with Crippen LogP contribution in [0, 0.1) is 23.2 Å². The van der Waals surface area contributed by atoms with Crippen molar-refractivity contribution in [2.75, 3.05) is 31.6 Å². The van der Waals surface area contributed by atoms with Crippen LogP contribution in [0.5, 0.6) is 5.75 Å². The predicted octanol–water partition coefficient (Wildman–Crippen LogP) is 5.48. The van der Waals surface area contributed by atoms with E-state index in [1.807, 2.05) is 46.2 Å². The van der Waals surface area contributed by atoms with Crippen LogP contribution in [-0.4, -0.2) is 80.7 Å². The molecule has 0 unspecified atom stereocenters. The van der Waals surface area contributed by atoms with Gasteiger partial charge in [-0.1, -0.05) is 0 Å². The Kier molecular flexibility index (Phi) is 10.2. The minimum atomic E-state index is -0.471. The molecule has 0 atom stereocenters. The van der Waals surface area contributed by atoms with Crippen molar-refractivity contribution in [2.45, 2.75) is 89.4 Å². The fourth-order valence-electron chi connectivity index (χ4n) is 7.11. The molecule has 12 heteroatoms. The number of aliphatic hydroxyl groups is 1. The van der Waals surface area contributed by atoms with E-state index in [1.54, 1.807) is 13.3 Å². The summed E-state index contributed by atoms with van der Waals surface area (Å²) in [5, 5.41) is 23.6. The molecule has 3 aliphatic rings. The molecule has 3 aromatic heterocycles. The third-order valence-corrected chi connectivity index (χ3v) is 10.1. The molecule has 0 aromatic carbocycles. The Bertz CT molecular complexity index is 1630. The van der Waals surface area contributed by atoms with Gasteiger partial charge >= 0.3 is 6.09 Å². The van der Waals surface area contributed by atoms with Gasteiger partial charge in [0.15, 0.2) is 11.4 Å². The smallest absolute Gasteiger partial charge is 0.410 e. The Morgan fingerprint density at radius 3 is 2.46 bits per heavy atom. The minimum absolute atomic E-state index is 0.0609. The number of hydrogen-bond donors (Lipinski definition) is 1. The number of aromatic nitrogens is 4. The summed E-state index contributed by atoms with van der Waals surface area (Å²) < 4.78 is 12.9. The van der Waals surface area contributed by atoms with E-state index in [4.69, 9.17) is 14.5 Å². The molecule has 48 heavy (non-hydrogen) atoms. The number of rotatable bonds is 9. The largest absolute Gasteiger partial charge is 0.494 e. The molecule has 12 nitrogen and oxygen atoms in total. The van der Waals surface area contributed by atoms with Crippen molar-refractivity contribution in [1.82, 2.24) is 24.6 Å². The van der Waals surface area contributed by atoms with E-state index in [0.29, 0.717) is 62.6 Å². The number of hydrogen-bond acceptors (Lipinski definition) is 9. The van der Waals surface area contributed by atoms with Crippen LogP contribution in [0.25, 0.3) is 11.1 Å². The molecular formula is C36H45N7O5. The maximum atomic E-state index is 14.3. The number of anilines is 1. The summed E-state index contributed by atoms with van der Waals surface area (Å²) in [5.41, 5.74) is 3.15. The summed E-state index contributed by atoms with van der Waals surface area (Å²) in [6, 6.07) is 10.1. The minimum Gasteiger partial charge on any atom is -0.494 e. The normalized spacial score (nSPS) is 22.9. The van der Waals surface area contributed by atoms with Gasteiger partial charge in [-0.2, -0.15) is 10.4 Å². The molecule has 2 saturated carbocycles. The fraction of sp³-hybridized carbons (Fsp3) is 0.556. The number of amides is 2. The lowest BCUT2D eigenvalue weighted by Crippen LogP contribution is -2.54. The van der Waals surface area contributed by atoms with Gasteiger partial charge in [0.05, 0.1) is 32.5 Å². The standard InChI is InChI=1S/C36H45N7O5/c1-23(2)43-20-28(18-39-43)27-14-15-38-34(16-27)42(35(45)26-8-10-30(11-9-26)48-36(46)41-21-29(44)22-41)19-24-4-6-25(7-5-24)31-12-13-33(47-3)32(17-37)40-31/h12-16,18,20,23-26,29-30,44H,4-11,19,21-22H2,1-3H3. The number of carbonyl (C=O) groups excluding carboxylic acids is 2. The summed E-state index contributed by atoms with van der Waals surface area (Å²) in [6.07, 6.45) is 10.8. The topological polar surface area (TPSA) is 147 Å². The zero-order chi connectivity index (χ0) is 33.8. The molecule has 6 rings (SSSR count). The van der Waals surface area contributed by atoms with Gasteiger partial charge in [0.25, 0.3) is 0 Å². The Hall–Kier alpha value is -4.50. The van der Waals surface area contributed by atoms with Crippen LogP contribution in [-0.2, 0) is 9.53 Å². The third kappa shape index (κ3) is 7.46. The van der Waals surface area contributed by atoms with Gasteiger partial charge in [-0.15, -0.1) is 0 Å². The first-order valence-corrected chi connectivity index (χ1v) is 17.1. The van der Waals surface area contributed by atoms with Gasteiger partial charge in [-0.3, -0.25) is 14.4 Å². The van der Waals surface area contributed by atoms with E-state index in [0.717, 1.165) is 42.5 Å². The fourth-order valence-corrected chi connectivity index (χ4v) is 7.11. The van der Waals surface area contributed by atoms with Crippen LogP contribution in [0.2, 0.25) is 0 Å². The molecule has 254 valence electrons. The number of likely N-dealkylation sites (tertiary alicyclic amines) is 1. The van der Waals surface area contributed by atoms with Crippen molar-refractivity contribution in [3.8, 4) is 22.9 Å². The van der Waals surface area contributed by atoms with Crippen molar-refractivity contribution in [1.29, 1.82) is 5.26 Å². The second-order valence-electron chi connectivity index (χ2n) is 13.7. The number of carbonyl (C=O) groups is 2. The molecule has 4 heterocycles. The van der Waals surface area contributed by atoms with Crippen LogP contribution in [0.3, 0.4) is 0 Å². The number of ether oxygens (including phenoxy) is 2. The van der Waals surface area contributed by atoms with Gasteiger partial charge in [0.2, 0.25) is 5.91 Å². The summed E-state index contributed by atoms with van der Waals surface area (Å²) in [6.45, 7) is 5.36. The molecule has 1 N–H and O–H groups in total. The molecular weight excluding hydrogens is 610 g/mol. The highest BCUT2D eigenvalue weighted by atomic mass is 16.6. The highest BCUT2D eigenvalue weighted by Crippen LogP contribution is 2.38. The van der Waals surface area contributed by atoms with Crippen LogP contribution in [0.15, 0.2) is 42.9 Å². The van der Waals surface area contributed by atoms with E-state index < -0.39 is 6.10 Å².